The highest BCUT2D eigenvalue weighted by Crippen LogP contribution is 2.38. The number of aromatic nitrogens is 2. The Kier molecular flexibility index (Phi) is 5.63. The number of rotatable bonds is 6. The van der Waals surface area contributed by atoms with Crippen LogP contribution in [0.3, 0.4) is 0 Å². The monoisotopic (exact) mass is 373 g/mol. The van der Waals surface area contributed by atoms with E-state index in [0.717, 1.165) is 12.1 Å². The molecule has 144 valence electrons. The van der Waals surface area contributed by atoms with E-state index in [1.807, 2.05) is 13.0 Å². The van der Waals surface area contributed by atoms with Crippen LogP contribution in [0, 0.1) is 6.92 Å². The molecule has 1 fully saturated rings. The third kappa shape index (κ3) is 4.05. The molecule has 0 aliphatic carbocycles. The van der Waals surface area contributed by atoms with E-state index in [0.29, 0.717) is 41.8 Å². The summed E-state index contributed by atoms with van der Waals surface area (Å²) in [4.78, 5) is 14.7. The molecule has 1 aliphatic heterocycles. The number of hydrogen-bond acceptors (Lipinski definition) is 7. The van der Waals surface area contributed by atoms with Gasteiger partial charge in [-0.1, -0.05) is 0 Å². The maximum atomic E-state index is 12.9. The van der Waals surface area contributed by atoms with Crippen LogP contribution in [0.15, 0.2) is 24.3 Å². The lowest BCUT2D eigenvalue weighted by atomic mass is 10.1. The van der Waals surface area contributed by atoms with Crippen molar-refractivity contribution in [3.05, 3.63) is 35.5 Å². The van der Waals surface area contributed by atoms with Crippen LogP contribution >= 0.6 is 0 Å². The topological polar surface area (TPSA) is 83.0 Å². The van der Waals surface area contributed by atoms with E-state index < -0.39 is 0 Å². The number of hydrogen-bond donors (Lipinski definition) is 0. The zero-order chi connectivity index (χ0) is 19.4. The Morgan fingerprint density at radius 2 is 1.78 bits per heavy atom. The number of amides is 1. The van der Waals surface area contributed by atoms with Gasteiger partial charge in [-0.15, -0.1) is 5.10 Å². The van der Waals surface area contributed by atoms with Crippen LogP contribution in [0.4, 0.5) is 0 Å². The minimum atomic E-state index is -0.118. The average Bonchev–Trinajstić information content (AvgIpc) is 3.16. The van der Waals surface area contributed by atoms with Crippen LogP contribution in [0.5, 0.6) is 23.1 Å². The Labute approximate surface area is 158 Å². The third-order valence-corrected chi connectivity index (χ3v) is 4.40. The summed E-state index contributed by atoms with van der Waals surface area (Å²) in [7, 11) is 4.57. The highest BCUT2D eigenvalue weighted by Gasteiger charge is 2.30. The van der Waals surface area contributed by atoms with Crippen molar-refractivity contribution in [2.24, 2.45) is 0 Å². The van der Waals surface area contributed by atoms with Gasteiger partial charge in [-0.2, -0.15) is 5.10 Å². The molecule has 0 radical (unpaired) electrons. The minimum absolute atomic E-state index is 0.115. The van der Waals surface area contributed by atoms with E-state index in [-0.39, 0.29) is 12.0 Å². The normalized spacial score (nSPS) is 16.1. The maximum absolute atomic E-state index is 12.9. The van der Waals surface area contributed by atoms with E-state index in [2.05, 4.69) is 10.2 Å². The zero-order valence-corrected chi connectivity index (χ0v) is 15.9. The Morgan fingerprint density at radius 3 is 2.33 bits per heavy atom. The van der Waals surface area contributed by atoms with E-state index in [9.17, 15) is 4.79 Å². The summed E-state index contributed by atoms with van der Waals surface area (Å²) in [6, 6.07) is 6.94. The second-order valence-electron chi connectivity index (χ2n) is 6.21. The lowest BCUT2D eigenvalue weighted by molar-refractivity contribution is 0.0770. The minimum Gasteiger partial charge on any atom is -0.493 e. The molecule has 2 heterocycles. The Morgan fingerprint density at radius 1 is 1.07 bits per heavy atom. The van der Waals surface area contributed by atoms with Gasteiger partial charge in [0.1, 0.15) is 6.10 Å². The first-order valence-electron chi connectivity index (χ1n) is 8.62. The summed E-state index contributed by atoms with van der Waals surface area (Å²) in [5.74, 6) is 1.70. The number of carbonyl (C=O) groups excluding carboxylic acids is 1. The standard InChI is InChI=1S/C19H23N3O5/c1-12-5-6-17(21-20-12)27-14-7-8-22(11-14)19(23)13-9-15(24-2)18(26-4)16(10-13)25-3/h5-6,9-10,14H,7-8,11H2,1-4H3. The van der Waals surface area contributed by atoms with Crippen LogP contribution in [-0.4, -0.2) is 61.5 Å². The lowest BCUT2D eigenvalue weighted by Crippen LogP contribution is -2.31. The van der Waals surface area contributed by atoms with Crippen LogP contribution in [-0.2, 0) is 0 Å². The second-order valence-corrected chi connectivity index (χ2v) is 6.21. The average molecular weight is 373 g/mol. The number of methoxy groups -OCH3 is 3. The molecule has 0 bridgehead atoms. The molecule has 1 aliphatic rings. The van der Waals surface area contributed by atoms with E-state index >= 15 is 0 Å². The fraction of sp³-hybridized carbons (Fsp3) is 0.421. The van der Waals surface area contributed by atoms with Gasteiger partial charge in [0, 0.05) is 24.6 Å². The predicted molar refractivity (Wildman–Crippen MR) is 97.8 cm³/mol. The van der Waals surface area contributed by atoms with Gasteiger partial charge in [0.25, 0.3) is 5.91 Å². The molecule has 1 amide bonds. The maximum Gasteiger partial charge on any atom is 0.254 e. The van der Waals surface area contributed by atoms with Gasteiger partial charge in [0.2, 0.25) is 11.6 Å². The van der Waals surface area contributed by atoms with Crippen molar-refractivity contribution in [1.29, 1.82) is 0 Å². The van der Waals surface area contributed by atoms with Crippen molar-refractivity contribution < 1.29 is 23.7 Å². The first-order valence-corrected chi connectivity index (χ1v) is 8.62. The zero-order valence-electron chi connectivity index (χ0n) is 15.9. The molecule has 2 aromatic rings. The summed E-state index contributed by atoms with van der Waals surface area (Å²) in [5, 5.41) is 7.99. The molecular weight excluding hydrogens is 350 g/mol. The van der Waals surface area contributed by atoms with Crippen LogP contribution < -0.4 is 18.9 Å². The number of benzene rings is 1. The van der Waals surface area contributed by atoms with Crippen LogP contribution in [0.25, 0.3) is 0 Å². The Hall–Kier alpha value is -3.03. The van der Waals surface area contributed by atoms with Crippen molar-refractivity contribution in [1.82, 2.24) is 15.1 Å². The first-order chi connectivity index (χ1) is 13.0. The molecule has 1 saturated heterocycles. The lowest BCUT2D eigenvalue weighted by Gasteiger charge is -2.19. The molecule has 0 spiro atoms. The molecule has 3 rings (SSSR count). The molecule has 1 atom stereocenters. The highest BCUT2D eigenvalue weighted by molar-refractivity contribution is 5.95. The fourth-order valence-electron chi connectivity index (χ4n) is 3.02. The highest BCUT2D eigenvalue weighted by atomic mass is 16.5. The van der Waals surface area contributed by atoms with Gasteiger partial charge in [0.05, 0.1) is 33.6 Å². The Balaban J connectivity index is 1.72. The number of nitrogens with zero attached hydrogens (tertiary/aromatic N) is 3. The SMILES string of the molecule is COc1cc(C(=O)N2CCC(Oc3ccc(C)nn3)C2)cc(OC)c1OC. The molecule has 0 N–H and O–H groups in total. The molecule has 8 nitrogen and oxygen atoms in total. The van der Waals surface area contributed by atoms with Gasteiger partial charge < -0.3 is 23.8 Å². The van der Waals surface area contributed by atoms with Gasteiger partial charge in [0.15, 0.2) is 11.5 Å². The molecule has 1 unspecified atom stereocenters. The molecule has 27 heavy (non-hydrogen) atoms. The summed E-state index contributed by atoms with van der Waals surface area (Å²) in [5.41, 5.74) is 1.30. The van der Waals surface area contributed by atoms with E-state index in [1.54, 1.807) is 23.1 Å². The number of ether oxygens (including phenoxy) is 4. The predicted octanol–water partition coefficient (Wildman–Crippen LogP) is 2.10. The van der Waals surface area contributed by atoms with Crippen molar-refractivity contribution in [3.8, 4) is 23.1 Å². The van der Waals surface area contributed by atoms with Crippen molar-refractivity contribution in [3.63, 3.8) is 0 Å². The van der Waals surface area contributed by atoms with Crippen molar-refractivity contribution >= 4 is 5.91 Å². The van der Waals surface area contributed by atoms with Gasteiger partial charge in [-0.05, 0) is 25.1 Å². The summed E-state index contributed by atoms with van der Waals surface area (Å²) in [6.45, 7) is 2.94. The number of likely N-dealkylation sites (tertiary alicyclic amines) is 1. The smallest absolute Gasteiger partial charge is 0.254 e. The second kappa shape index (κ2) is 8.11. The van der Waals surface area contributed by atoms with Crippen molar-refractivity contribution in [2.75, 3.05) is 34.4 Å². The summed E-state index contributed by atoms with van der Waals surface area (Å²) >= 11 is 0. The molecule has 0 saturated carbocycles. The van der Waals surface area contributed by atoms with Gasteiger partial charge in [-0.25, -0.2) is 0 Å². The molecule has 1 aromatic heterocycles. The Bertz CT molecular complexity index is 784. The fourth-order valence-corrected chi connectivity index (χ4v) is 3.02. The molecule has 1 aromatic carbocycles. The molecule has 8 heteroatoms. The van der Waals surface area contributed by atoms with E-state index in [1.165, 1.54) is 21.3 Å². The summed E-state index contributed by atoms with van der Waals surface area (Å²) in [6.07, 6.45) is 0.610. The van der Waals surface area contributed by atoms with Crippen molar-refractivity contribution in [2.45, 2.75) is 19.4 Å². The number of aryl methyl sites for hydroxylation is 1. The van der Waals surface area contributed by atoms with E-state index in [4.69, 9.17) is 18.9 Å². The molecular formula is C19H23N3O5. The summed E-state index contributed by atoms with van der Waals surface area (Å²) < 4.78 is 21.8. The van der Waals surface area contributed by atoms with Crippen LogP contribution in [0.2, 0.25) is 0 Å². The largest absolute Gasteiger partial charge is 0.493 e. The van der Waals surface area contributed by atoms with Gasteiger partial charge in [-0.3, -0.25) is 4.79 Å². The number of carbonyl (C=O) groups is 1. The quantitative estimate of drug-likeness (QED) is 0.767. The third-order valence-electron chi connectivity index (χ3n) is 4.40. The van der Waals surface area contributed by atoms with Gasteiger partial charge >= 0.3 is 0 Å². The van der Waals surface area contributed by atoms with Crippen LogP contribution in [0.1, 0.15) is 22.5 Å². The first kappa shape index (κ1) is 18.8.